The van der Waals surface area contributed by atoms with E-state index in [2.05, 4.69) is 5.32 Å². The van der Waals surface area contributed by atoms with E-state index < -0.39 is 10.0 Å². The van der Waals surface area contributed by atoms with E-state index in [0.717, 1.165) is 24.8 Å². The zero-order valence-corrected chi connectivity index (χ0v) is 19.4. The number of rotatable bonds is 8. The van der Waals surface area contributed by atoms with Crippen molar-refractivity contribution in [2.75, 3.05) is 27.2 Å². The average molecular weight is 444 g/mol. The van der Waals surface area contributed by atoms with Crippen molar-refractivity contribution < 1.29 is 13.2 Å². The Bertz CT molecular complexity index is 977. The number of carbonyl (C=O) groups excluding carboxylic acids is 1. The summed E-state index contributed by atoms with van der Waals surface area (Å²) in [5, 5.41) is 3.09. The van der Waals surface area contributed by atoms with Crippen LogP contribution in [0, 0.1) is 0 Å². The molecule has 1 fully saturated rings. The molecule has 0 radical (unpaired) electrons. The Kier molecular flexibility index (Phi) is 7.86. The lowest BCUT2D eigenvalue weighted by atomic mass is 10.0. The second kappa shape index (κ2) is 10.4. The fraction of sp³-hybridized carbons (Fsp3) is 0.458. The first-order valence-electron chi connectivity index (χ1n) is 10.9. The number of piperidine rings is 1. The van der Waals surface area contributed by atoms with Crippen LogP contribution in [0.2, 0.25) is 0 Å². The zero-order chi connectivity index (χ0) is 22.4. The van der Waals surface area contributed by atoms with Gasteiger partial charge in [0.1, 0.15) is 0 Å². The van der Waals surface area contributed by atoms with Gasteiger partial charge in [-0.3, -0.25) is 4.79 Å². The Morgan fingerprint density at radius 1 is 1.13 bits per heavy atom. The van der Waals surface area contributed by atoms with Gasteiger partial charge in [-0.05, 0) is 64.0 Å². The highest BCUT2D eigenvalue weighted by atomic mass is 32.2. The molecule has 1 aliphatic rings. The van der Waals surface area contributed by atoms with E-state index in [-0.39, 0.29) is 22.9 Å². The molecule has 0 aliphatic carbocycles. The summed E-state index contributed by atoms with van der Waals surface area (Å²) < 4.78 is 27.9. The van der Waals surface area contributed by atoms with Gasteiger partial charge in [-0.2, -0.15) is 4.31 Å². The lowest BCUT2D eigenvalue weighted by Crippen LogP contribution is -2.43. The molecule has 3 rings (SSSR count). The van der Waals surface area contributed by atoms with E-state index in [0.29, 0.717) is 25.1 Å². The molecule has 2 aromatic rings. The van der Waals surface area contributed by atoms with Crippen LogP contribution < -0.4 is 5.32 Å². The third-order valence-electron chi connectivity index (χ3n) is 5.69. The van der Waals surface area contributed by atoms with Gasteiger partial charge in [0.05, 0.1) is 4.90 Å². The van der Waals surface area contributed by atoms with Crippen molar-refractivity contribution in [2.24, 2.45) is 0 Å². The first-order chi connectivity index (χ1) is 14.8. The molecule has 2 unspecified atom stereocenters. The van der Waals surface area contributed by atoms with Crippen molar-refractivity contribution in [2.45, 2.75) is 49.6 Å². The molecule has 6 nitrogen and oxygen atoms in total. The largest absolute Gasteiger partial charge is 0.348 e. The van der Waals surface area contributed by atoms with Gasteiger partial charge in [-0.1, -0.05) is 42.8 Å². The lowest BCUT2D eigenvalue weighted by Gasteiger charge is -2.32. The number of sulfonamides is 1. The summed E-state index contributed by atoms with van der Waals surface area (Å²) in [7, 11) is 0.321. The fourth-order valence-electron chi connectivity index (χ4n) is 4.13. The molecule has 0 saturated carbocycles. The van der Waals surface area contributed by atoms with Crippen LogP contribution in [0.4, 0.5) is 0 Å². The highest BCUT2D eigenvalue weighted by Crippen LogP contribution is 2.25. The summed E-state index contributed by atoms with van der Waals surface area (Å²) >= 11 is 0. The minimum atomic E-state index is -3.62. The average Bonchev–Trinajstić information content (AvgIpc) is 2.74. The van der Waals surface area contributed by atoms with E-state index in [9.17, 15) is 13.2 Å². The number of nitrogens with one attached hydrogen (secondary N) is 1. The molecule has 0 aromatic heterocycles. The first-order valence-corrected chi connectivity index (χ1v) is 12.3. The number of carbonyl (C=O) groups is 1. The molecule has 1 heterocycles. The summed E-state index contributed by atoms with van der Waals surface area (Å²) in [5.74, 6) is -0.258. The summed E-state index contributed by atoms with van der Waals surface area (Å²) in [4.78, 5) is 15.2. The van der Waals surface area contributed by atoms with Gasteiger partial charge < -0.3 is 10.2 Å². The number of hydrogen-bond donors (Lipinski definition) is 1. The van der Waals surface area contributed by atoms with Gasteiger partial charge in [-0.15, -0.1) is 0 Å². The van der Waals surface area contributed by atoms with Gasteiger partial charge in [0.15, 0.2) is 0 Å². The smallest absolute Gasteiger partial charge is 0.251 e. The van der Waals surface area contributed by atoms with E-state index in [1.165, 1.54) is 6.07 Å². The lowest BCUT2D eigenvalue weighted by molar-refractivity contribution is 0.0930. The third kappa shape index (κ3) is 6.15. The number of hydrogen-bond acceptors (Lipinski definition) is 4. The standard InChI is InChI=1S/C24H33N3O3S/c1-19-10-7-8-15-27(19)31(29,30)23-14-9-13-21(17-23)24(28)25-22(18-26(2)3)16-20-11-5-4-6-12-20/h4-6,9,11-14,17,19,22H,7-8,10,15-16,18H2,1-3H3,(H,25,28). The number of nitrogens with zero attached hydrogens (tertiary/aromatic N) is 2. The maximum atomic E-state index is 13.2. The van der Waals surface area contributed by atoms with Crippen LogP contribution in [0.25, 0.3) is 0 Å². The van der Waals surface area contributed by atoms with Crippen molar-refractivity contribution in [3.8, 4) is 0 Å². The molecule has 0 spiro atoms. The van der Waals surface area contributed by atoms with E-state index >= 15 is 0 Å². The Morgan fingerprint density at radius 2 is 1.87 bits per heavy atom. The topological polar surface area (TPSA) is 69.7 Å². The highest BCUT2D eigenvalue weighted by Gasteiger charge is 2.31. The Labute approximate surface area is 186 Å². The molecule has 1 N–H and O–H groups in total. The van der Waals surface area contributed by atoms with Gasteiger partial charge in [-0.25, -0.2) is 8.42 Å². The van der Waals surface area contributed by atoms with E-state index in [1.54, 1.807) is 22.5 Å². The normalized spacial score (nSPS) is 18.6. The first kappa shape index (κ1) is 23.4. The van der Waals surface area contributed by atoms with Gasteiger partial charge in [0.25, 0.3) is 5.91 Å². The van der Waals surface area contributed by atoms with Crippen LogP contribution in [0.3, 0.4) is 0 Å². The minimum absolute atomic E-state index is 0.0217. The Hall–Kier alpha value is -2.22. The molecule has 1 aliphatic heterocycles. The molecule has 168 valence electrons. The van der Waals surface area contributed by atoms with Gasteiger partial charge in [0.2, 0.25) is 10.0 Å². The van der Waals surface area contributed by atoms with Gasteiger partial charge >= 0.3 is 0 Å². The quantitative estimate of drug-likeness (QED) is 0.680. The van der Waals surface area contributed by atoms with Crippen LogP contribution in [-0.2, 0) is 16.4 Å². The number of amides is 1. The monoisotopic (exact) mass is 443 g/mol. The molecule has 2 aromatic carbocycles. The predicted octanol–water partition coefficient (Wildman–Crippen LogP) is 3.15. The van der Waals surface area contributed by atoms with Crippen molar-refractivity contribution in [3.05, 3.63) is 65.7 Å². The summed E-state index contributed by atoms with van der Waals surface area (Å²) in [6.07, 6.45) is 3.49. The molecular weight excluding hydrogens is 410 g/mol. The summed E-state index contributed by atoms with van der Waals surface area (Å²) in [5.41, 5.74) is 1.51. The highest BCUT2D eigenvalue weighted by molar-refractivity contribution is 7.89. The van der Waals surface area contributed by atoms with Gasteiger partial charge in [0, 0.05) is 30.7 Å². The zero-order valence-electron chi connectivity index (χ0n) is 18.6. The summed E-state index contributed by atoms with van der Waals surface area (Å²) in [6, 6.07) is 16.3. The SMILES string of the molecule is CC1CCCCN1S(=O)(=O)c1cccc(C(=O)NC(Cc2ccccc2)CN(C)C)c1. The second-order valence-electron chi connectivity index (χ2n) is 8.61. The molecule has 1 amide bonds. The molecule has 0 bridgehead atoms. The van der Waals surface area contributed by atoms with Crippen molar-refractivity contribution in [3.63, 3.8) is 0 Å². The van der Waals surface area contributed by atoms with Crippen molar-refractivity contribution in [1.29, 1.82) is 0 Å². The number of likely N-dealkylation sites (N-methyl/N-ethyl adjacent to an activating group) is 1. The Balaban J connectivity index is 1.77. The molecule has 1 saturated heterocycles. The van der Waals surface area contributed by atoms with Crippen LogP contribution in [0.15, 0.2) is 59.5 Å². The molecule has 2 atom stereocenters. The van der Waals surface area contributed by atoms with Crippen LogP contribution in [0.5, 0.6) is 0 Å². The molecule has 31 heavy (non-hydrogen) atoms. The third-order valence-corrected chi connectivity index (χ3v) is 7.70. The molecule has 7 heteroatoms. The van der Waals surface area contributed by atoms with E-state index in [1.807, 2.05) is 56.3 Å². The summed E-state index contributed by atoms with van der Waals surface area (Å²) in [6.45, 7) is 3.16. The maximum Gasteiger partial charge on any atom is 0.251 e. The maximum absolute atomic E-state index is 13.2. The minimum Gasteiger partial charge on any atom is -0.348 e. The Morgan fingerprint density at radius 3 is 2.55 bits per heavy atom. The number of benzene rings is 2. The second-order valence-corrected chi connectivity index (χ2v) is 10.5. The van der Waals surface area contributed by atoms with Crippen LogP contribution >= 0.6 is 0 Å². The van der Waals surface area contributed by atoms with Crippen LogP contribution in [0.1, 0.15) is 42.1 Å². The van der Waals surface area contributed by atoms with Crippen molar-refractivity contribution >= 4 is 15.9 Å². The predicted molar refractivity (Wildman–Crippen MR) is 124 cm³/mol. The molecular formula is C24H33N3O3S. The van der Waals surface area contributed by atoms with E-state index in [4.69, 9.17) is 0 Å². The fourth-order valence-corrected chi connectivity index (χ4v) is 5.88. The van der Waals surface area contributed by atoms with Crippen molar-refractivity contribution in [1.82, 2.24) is 14.5 Å². The van der Waals surface area contributed by atoms with Crippen LogP contribution in [-0.4, -0.2) is 62.8 Å².